The maximum atomic E-state index is 10.1. The molecule has 0 heterocycles. The van der Waals surface area contributed by atoms with Gasteiger partial charge in [-0.25, -0.2) is 4.79 Å². The minimum Gasteiger partial charge on any atom is -0.479 e. The van der Waals surface area contributed by atoms with Crippen LogP contribution >= 0.6 is 12.6 Å². The SMILES string of the molecule is O=C[C@H](S)[C@@H](O)[C@H](O)[C@H](O)C(=O)O. The zero-order valence-electron chi connectivity index (χ0n) is 6.44. The van der Waals surface area contributed by atoms with Gasteiger partial charge >= 0.3 is 5.97 Å². The summed E-state index contributed by atoms with van der Waals surface area (Å²) in [6.45, 7) is 0. The number of carboxylic acid groups (broad SMARTS) is 1. The monoisotopic (exact) mass is 210 g/mol. The topological polar surface area (TPSA) is 115 Å². The number of carboxylic acids is 1. The molecule has 4 atom stereocenters. The molecule has 0 rings (SSSR count). The van der Waals surface area contributed by atoms with Crippen LogP contribution in [0.15, 0.2) is 0 Å². The van der Waals surface area contributed by atoms with Crippen molar-refractivity contribution in [2.75, 3.05) is 0 Å². The Morgan fingerprint density at radius 1 is 1.23 bits per heavy atom. The first-order chi connectivity index (χ1) is 5.91. The number of aldehydes is 1. The molecule has 0 spiro atoms. The molecule has 4 N–H and O–H groups in total. The van der Waals surface area contributed by atoms with E-state index in [1.54, 1.807) is 0 Å². The molecule has 0 unspecified atom stereocenters. The van der Waals surface area contributed by atoms with E-state index in [4.69, 9.17) is 20.4 Å². The standard InChI is InChI=1S/C6H10O6S/c7-1-2(13)3(8)4(9)5(10)6(11)12/h1-5,8-10,13H,(H,11,12)/t2-,3+,4-,5-/m0/s1. The molecule has 0 saturated heterocycles. The van der Waals surface area contributed by atoms with Crippen LogP contribution in [-0.2, 0) is 9.59 Å². The van der Waals surface area contributed by atoms with Gasteiger partial charge in [0, 0.05) is 0 Å². The van der Waals surface area contributed by atoms with Crippen molar-refractivity contribution in [3.05, 3.63) is 0 Å². The number of aliphatic carboxylic acids is 1. The zero-order chi connectivity index (χ0) is 10.6. The summed E-state index contributed by atoms with van der Waals surface area (Å²) in [6.07, 6.45) is -5.56. The second-order valence-electron chi connectivity index (χ2n) is 2.39. The number of thiol groups is 1. The lowest BCUT2D eigenvalue weighted by atomic mass is 10.1. The molecule has 0 bridgehead atoms. The Labute approximate surface area is 79.2 Å². The van der Waals surface area contributed by atoms with Crippen molar-refractivity contribution in [2.24, 2.45) is 0 Å². The number of aliphatic hydroxyl groups excluding tert-OH is 3. The third-order valence-electron chi connectivity index (χ3n) is 1.42. The fourth-order valence-corrected chi connectivity index (χ4v) is 0.792. The molecule has 0 aliphatic rings. The van der Waals surface area contributed by atoms with Gasteiger partial charge in [-0.2, -0.15) is 12.6 Å². The summed E-state index contributed by atoms with van der Waals surface area (Å²) >= 11 is 3.55. The first kappa shape index (κ1) is 12.4. The Balaban J connectivity index is 4.32. The van der Waals surface area contributed by atoms with E-state index in [2.05, 4.69) is 12.6 Å². The molecule has 0 amide bonds. The van der Waals surface area contributed by atoms with Crippen LogP contribution in [0.2, 0.25) is 0 Å². The van der Waals surface area contributed by atoms with Gasteiger partial charge in [-0.05, 0) is 0 Å². The van der Waals surface area contributed by atoms with E-state index in [0.29, 0.717) is 0 Å². The van der Waals surface area contributed by atoms with Crippen LogP contribution in [0.3, 0.4) is 0 Å². The Morgan fingerprint density at radius 2 is 1.69 bits per heavy atom. The average Bonchev–Trinajstić information content (AvgIpc) is 2.12. The van der Waals surface area contributed by atoms with Crippen LogP contribution in [0.1, 0.15) is 0 Å². The van der Waals surface area contributed by atoms with Crippen LogP contribution in [0.4, 0.5) is 0 Å². The van der Waals surface area contributed by atoms with Crippen LogP contribution < -0.4 is 0 Å². The molecule has 7 heteroatoms. The van der Waals surface area contributed by atoms with Crippen molar-refractivity contribution < 1.29 is 30.0 Å². The van der Waals surface area contributed by atoms with E-state index in [9.17, 15) is 9.59 Å². The second kappa shape index (κ2) is 5.18. The number of carbonyl (C=O) groups excluding carboxylic acids is 1. The fourth-order valence-electron chi connectivity index (χ4n) is 0.615. The van der Waals surface area contributed by atoms with Gasteiger partial charge in [-0.15, -0.1) is 0 Å². The lowest BCUT2D eigenvalue weighted by Gasteiger charge is -2.21. The Kier molecular flexibility index (Phi) is 4.92. The van der Waals surface area contributed by atoms with E-state index in [0.717, 1.165) is 0 Å². The van der Waals surface area contributed by atoms with Gasteiger partial charge in [-0.1, -0.05) is 0 Å². The van der Waals surface area contributed by atoms with Gasteiger partial charge in [0.15, 0.2) is 6.10 Å². The molecule has 0 radical (unpaired) electrons. The minimum atomic E-state index is -2.13. The number of carbonyl (C=O) groups is 2. The van der Waals surface area contributed by atoms with Crippen LogP contribution in [0, 0.1) is 0 Å². The number of rotatable bonds is 5. The van der Waals surface area contributed by atoms with Crippen molar-refractivity contribution in [2.45, 2.75) is 23.6 Å². The maximum absolute atomic E-state index is 10.1. The lowest BCUT2D eigenvalue weighted by Crippen LogP contribution is -2.46. The molecule has 76 valence electrons. The van der Waals surface area contributed by atoms with E-state index in [1.807, 2.05) is 0 Å². The van der Waals surface area contributed by atoms with Crippen molar-refractivity contribution in [3.8, 4) is 0 Å². The van der Waals surface area contributed by atoms with E-state index < -0.39 is 29.5 Å². The third-order valence-corrected chi connectivity index (χ3v) is 1.84. The summed E-state index contributed by atoms with van der Waals surface area (Å²) in [7, 11) is 0. The molecular weight excluding hydrogens is 200 g/mol. The normalized spacial score (nSPS) is 20.0. The van der Waals surface area contributed by atoms with E-state index >= 15 is 0 Å². The molecule has 0 aliphatic heterocycles. The molecule has 0 fully saturated rings. The largest absolute Gasteiger partial charge is 0.479 e. The first-order valence-corrected chi connectivity index (χ1v) is 3.83. The number of hydrogen-bond donors (Lipinski definition) is 5. The smallest absolute Gasteiger partial charge is 0.335 e. The number of hydrogen-bond acceptors (Lipinski definition) is 6. The van der Waals surface area contributed by atoms with Gasteiger partial charge in [0.05, 0.1) is 5.25 Å². The van der Waals surface area contributed by atoms with Gasteiger partial charge in [-0.3, -0.25) is 0 Å². The predicted octanol–water partition coefficient (Wildman–Crippen LogP) is -2.35. The predicted molar refractivity (Wildman–Crippen MR) is 44.5 cm³/mol. The molecular formula is C6H10O6S. The molecule has 0 saturated carbocycles. The minimum absolute atomic E-state index is 0.228. The summed E-state index contributed by atoms with van der Waals surface area (Å²) in [4.78, 5) is 20.2. The van der Waals surface area contributed by atoms with Crippen LogP contribution in [0.25, 0.3) is 0 Å². The van der Waals surface area contributed by atoms with Crippen molar-refractivity contribution in [1.29, 1.82) is 0 Å². The van der Waals surface area contributed by atoms with Crippen molar-refractivity contribution in [3.63, 3.8) is 0 Å². The van der Waals surface area contributed by atoms with Gasteiger partial charge in [0.2, 0.25) is 0 Å². The molecule has 0 aromatic rings. The molecule has 13 heavy (non-hydrogen) atoms. The zero-order valence-corrected chi connectivity index (χ0v) is 7.33. The summed E-state index contributed by atoms with van der Waals surface area (Å²) in [5.41, 5.74) is 0. The molecule has 6 nitrogen and oxygen atoms in total. The molecule has 0 aromatic carbocycles. The summed E-state index contributed by atoms with van der Waals surface area (Å²) in [6, 6.07) is 0. The van der Waals surface area contributed by atoms with E-state index in [1.165, 1.54) is 0 Å². The van der Waals surface area contributed by atoms with Crippen molar-refractivity contribution >= 4 is 24.9 Å². The van der Waals surface area contributed by atoms with Crippen LogP contribution in [0.5, 0.6) is 0 Å². The maximum Gasteiger partial charge on any atom is 0.335 e. The Hall–Kier alpha value is -0.630. The summed E-state index contributed by atoms with van der Waals surface area (Å²) in [5, 5.41) is 33.7. The Morgan fingerprint density at radius 3 is 2.00 bits per heavy atom. The molecule has 0 aliphatic carbocycles. The average molecular weight is 210 g/mol. The fraction of sp³-hybridized carbons (Fsp3) is 0.667. The molecule has 0 aromatic heterocycles. The van der Waals surface area contributed by atoms with Gasteiger partial charge < -0.3 is 25.2 Å². The number of aliphatic hydroxyl groups is 3. The third kappa shape index (κ3) is 3.31. The van der Waals surface area contributed by atoms with Crippen LogP contribution in [-0.4, -0.2) is 56.2 Å². The first-order valence-electron chi connectivity index (χ1n) is 3.32. The summed E-state index contributed by atoms with van der Waals surface area (Å²) < 4.78 is 0. The highest BCUT2D eigenvalue weighted by molar-refractivity contribution is 7.81. The van der Waals surface area contributed by atoms with Gasteiger partial charge in [0.1, 0.15) is 18.5 Å². The highest BCUT2D eigenvalue weighted by atomic mass is 32.1. The Bertz CT molecular complexity index is 196. The quantitative estimate of drug-likeness (QED) is 0.256. The van der Waals surface area contributed by atoms with E-state index in [-0.39, 0.29) is 6.29 Å². The van der Waals surface area contributed by atoms with Gasteiger partial charge in [0.25, 0.3) is 0 Å². The lowest BCUT2D eigenvalue weighted by molar-refractivity contribution is -0.158. The highest BCUT2D eigenvalue weighted by Crippen LogP contribution is 2.08. The van der Waals surface area contributed by atoms with Crippen molar-refractivity contribution in [1.82, 2.24) is 0 Å². The second-order valence-corrected chi connectivity index (χ2v) is 2.99. The highest BCUT2D eigenvalue weighted by Gasteiger charge is 2.33. The summed E-state index contributed by atoms with van der Waals surface area (Å²) in [5.74, 6) is -1.68.